The van der Waals surface area contributed by atoms with Gasteiger partial charge in [0.05, 0.1) is 6.10 Å². The van der Waals surface area contributed by atoms with E-state index in [1.165, 1.54) is 37.7 Å². The molecule has 1 aliphatic heterocycles. The van der Waals surface area contributed by atoms with E-state index in [2.05, 4.69) is 42.6 Å². The van der Waals surface area contributed by atoms with Gasteiger partial charge in [-0.05, 0) is 56.0 Å². The fourth-order valence-corrected chi connectivity index (χ4v) is 3.61. The Morgan fingerprint density at radius 1 is 1.25 bits per heavy atom. The summed E-state index contributed by atoms with van der Waals surface area (Å²) in [6.45, 7) is 4.31. The van der Waals surface area contributed by atoms with Crippen molar-refractivity contribution in [2.24, 2.45) is 5.92 Å². The van der Waals surface area contributed by atoms with Crippen molar-refractivity contribution in [1.82, 2.24) is 5.32 Å². The molecule has 0 aromatic heterocycles. The first kappa shape index (κ1) is 14.1. The number of nitrogens with one attached hydrogen (secondary N) is 1. The molecular weight excluding hydrogens is 246 g/mol. The molecule has 20 heavy (non-hydrogen) atoms. The van der Waals surface area contributed by atoms with E-state index in [9.17, 15) is 0 Å². The highest BCUT2D eigenvalue weighted by Gasteiger charge is 2.46. The predicted molar refractivity (Wildman–Crippen MR) is 83.0 cm³/mol. The van der Waals surface area contributed by atoms with Gasteiger partial charge in [-0.1, -0.05) is 37.3 Å². The van der Waals surface area contributed by atoms with E-state index in [0.717, 1.165) is 25.0 Å². The van der Waals surface area contributed by atoms with Crippen LogP contribution in [0.1, 0.15) is 50.5 Å². The number of hydrogen-bond acceptors (Lipinski definition) is 2. The molecule has 1 aromatic rings. The van der Waals surface area contributed by atoms with Gasteiger partial charge in [-0.15, -0.1) is 0 Å². The lowest BCUT2D eigenvalue weighted by atomic mass is 9.95. The minimum Gasteiger partial charge on any atom is -0.377 e. The second-order valence-electron chi connectivity index (χ2n) is 6.30. The zero-order valence-corrected chi connectivity index (χ0v) is 12.6. The largest absolute Gasteiger partial charge is 0.377 e. The molecule has 1 saturated heterocycles. The summed E-state index contributed by atoms with van der Waals surface area (Å²) in [5, 5.41) is 3.78. The lowest BCUT2D eigenvalue weighted by molar-refractivity contribution is -0.0127. The van der Waals surface area contributed by atoms with E-state index in [-0.39, 0.29) is 0 Å². The maximum atomic E-state index is 6.06. The number of hydrogen-bond donors (Lipinski definition) is 1. The Balaban J connectivity index is 1.64. The molecule has 1 N–H and O–H groups in total. The summed E-state index contributed by atoms with van der Waals surface area (Å²) in [5.74, 6) is 1.52. The molecule has 2 fully saturated rings. The van der Waals surface area contributed by atoms with E-state index in [1.807, 2.05) is 0 Å². The van der Waals surface area contributed by atoms with Gasteiger partial charge in [0.1, 0.15) is 0 Å². The first-order chi connectivity index (χ1) is 9.90. The van der Waals surface area contributed by atoms with Crippen molar-refractivity contribution in [2.45, 2.75) is 57.1 Å². The van der Waals surface area contributed by atoms with Crippen molar-refractivity contribution in [2.75, 3.05) is 13.2 Å². The predicted octanol–water partition coefficient (Wildman–Crippen LogP) is 3.73. The zero-order valence-electron chi connectivity index (χ0n) is 12.6. The van der Waals surface area contributed by atoms with Crippen LogP contribution in [0.5, 0.6) is 0 Å². The molecule has 2 aliphatic rings. The SMILES string of the molecule is CCCNC(C1CCCCO1)C1CC1c1ccccc1. The maximum absolute atomic E-state index is 6.06. The smallest absolute Gasteiger partial charge is 0.0730 e. The molecule has 4 unspecified atom stereocenters. The lowest BCUT2D eigenvalue weighted by Crippen LogP contribution is -2.45. The Hall–Kier alpha value is -0.860. The second-order valence-corrected chi connectivity index (χ2v) is 6.30. The van der Waals surface area contributed by atoms with Crippen LogP contribution < -0.4 is 5.32 Å². The summed E-state index contributed by atoms with van der Waals surface area (Å²) in [6.07, 6.45) is 6.77. The van der Waals surface area contributed by atoms with Crippen LogP contribution in [0.25, 0.3) is 0 Å². The molecule has 0 amide bonds. The summed E-state index contributed by atoms with van der Waals surface area (Å²) in [6, 6.07) is 11.6. The summed E-state index contributed by atoms with van der Waals surface area (Å²) in [5.41, 5.74) is 1.51. The molecule has 3 rings (SSSR count). The molecule has 0 bridgehead atoms. The highest BCUT2D eigenvalue weighted by Crippen LogP contribution is 2.50. The van der Waals surface area contributed by atoms with Crippen molar-refractivity contribution in [3.8, 4) is 0 Å². The van der Waals surface area contributed by atoms with Gasteiger partial charge in [0.25, 0.3) is 0 Å². The molecule has 4 atom stereocenters. The van der Waals surface area contributed by atoms with Crippen LogP contribution in [-0.4, -0.2) is 25.3 Å². The fraction of sp³-hybridized carbons (Fsp3) is 0.667. The Morgan fingerprint density at radius 2 is 2.10 bits per heavy atom. The van der Waals surface area contributed by atoms with Gasteiger partial charge in [0, 0.05) is 12.6 Å². The quantitative estimate of drug-likeness (QED) is 0.853. The number of ether oxygens (including phenoxy) is 1. The summed E-state index contributed by atoms with van der Waals surface area (Å²) >= 11 is 0. The minimum absolute atomic E-state index is 0.439. The minimum atomic E-state index is 0.439. The Bertz CT molecular complexity index is 399. The van der Waals surface area contributed by atoms with Crippen LogP contribution in [0.15, 0.2) is 30.3 Å². The van der Waals surface area contributed by atoms with Gasteiger partial charge >= 0.3 is 0 Å². The zero-order chi connectivity index (χ0) is 13.8. The summed E-state index contributed by atoms with van der Waals surface area (Å²) in [7, 11) is 0. The van der Waals surface area contributed by atoms with E-state index >= 15 is 0 Å². The van der Waals surface area contributed by atoms with E-state index < -0.39 is 0 Å². The summed E-state index contributed by atoms with van der Waals surface area (Å²) in [4.78, 5) is 0. The van der Waals surface area contributed by atoms with E-state index in [1.54, 1.807) is 0 Å². The third kappa shape index (κ3) is 3.24. The summed E-state index contributed by atoms with van der Waals surface area (Å²) < 4.78 is 6.06. The number of benzene rings is 1. The third-order valence-corrected chi connectivity index (χ3v) is 4.77. The van der Waals surface area contributed by atoms with E-state index in [0.29, 0.717) is 12.1 Å². The molecule has 0 radical (unpaired) electrons. The van der Waals surface area contributed by atoms with Crippen LogP contribution in [0.2, 0.25) is 0 Å². The van der Waals surface area contributed by atoms with E-state index in [4.69, 9.17) is 4.74 Å². The van der Waals surface area contributed by atoms with Crippen molar-refractivity contribution in [1.29, 1.82) is 0 Å². The molecule has 1 aliphatic carbocycles. The van der Waals surface area contributed by atoms with Crippen LogP contribution in [0, 0.1) is 5.92 Å². The van der Waals surface area contributed by atoms with Crippen molar-refractivity contribution < 1.29 is 4.74 Å². The van der Waals surface area contributed by atoms with Crippen LogP contribution in [0.3, 0.4) is 0 Å². The Labute approximate surface area is 122 Å². The fourth-order valence-electron chi connectivity index (χ4n) is 3.61. The van der Waals surface area contributed by atoms with Gasteiger partial charge in [-0.3, -0.25) is 0 Å². The lowest BCUT2D eigenvalue weighted by Gasteiger charge is -2.32. The first-order valence-corrected chi connectivity index (χ1v) is 8.30. The standard InChI is InChI=1S/C18H27NO/c1-2-11-19-18(17-10-6-7-12-20-17)16-13-15(16)14-8-4-3-5-9-14/h3-5,8-9,15-19H,2,6-7,10-13H2,1H3. The van der Waals surface area contributed by atoms with Gasteiger partial charge in [0.2, 0.25) is 0 Å². The molecule has 110 valence electrons. The van der Waals surface area contributed by atoms with Gasteiger partial charge < -0.3 is 10.1 Å². The van der Waals surface area contributed by atoms with Crippen LogP contribution >= 0.6 is 0 Å². The highest BCUT2D eigenvalue weighted by molar-refractivity contribution is 5.27. The maximum Gasteiger partial charge on any atom is 0.0730 e. The molecule has 0 spiro atoms. The topological polar surface area (TPSA) is 21.3 Å². The highest BCUT2D eigenvalue weighted by atomic mass is 16.5. The normalized spacial score (nSPS) is 30.9. The molecule has 1 heterocycles. The molecular formula is C18H27NO. The monoisotopic (exact) mass is 273 g/mol. The third-order valence-electron chi connectivity index (χ3n) is 4.77. The van der Waals surface area contributed by atoms with Gasteiger partial charge in [-0.2, -0.15) is 0 Å². The van der Waals surface area contributed by atoms with Crippen molar-refractivity contribution in [3.05, 3.63) is 35.9 Å². The molecule has 1 saturated carbocycles. The number of rotatable bonds is 6. The molecule has 2 nitrogen and oxygen atoms in total. The van der Waals surface area contributed by atoms with Crippen LogP contribution in [0.4, 0.5) is 0 Å². The molecule has 2 heteroatoms. The average Bonchev–Trinajstić information content (AvgIpc) is 3.30. The van der Waals surface area contributed by atoms with Gasteiger partial charge in [0.15, 0.2) is 0 Å². The van der Waals surface area contributed by atoms with Crippen LogP contribution in [-0.2, 0) is 4.74 Å². The molecule has 1 aromatic carbocycles. The Kier molecular flexibility index (Phi) is 4.74. The van der Waals surface area contributed by atoms with Gasteiger partial charge in [-0.25, -0.2) is 0 Å². The first-order valence-electron chi connectivity index (χ1n) is 8.30. The van der Waals surface area contributed by atoms with Crippen molar-refractivity contribution in [3.63, 3.8) is 0 Å². The second kappa shape index (κ2) is 6.73. The Morgan fingerprint density at radius 3 is 2.80 bits per heavy atom. The average molecular weight is 273 g/mol. The van der Waals surface area contributed by atoms with Crippen molar-refractivity contribution >= 4 is 0 Å².